The first-order valence-electron chi connectivity index (χ1n) is 6.88. The lowest BCUT2D eigenvalue weighted by Crippen LogP contribution is -2.50. The lowest BCUT2D eigenvalue weighted by atomic mass is 10.1. The van der Waals surface area contributed by atoms with Gasteiger partial charge in [0.15, 0.2) is 0 Å². The molecule has 0 saturated carbocycles. The molecule has 1 fully saturated rings. The molecule has 0 aliphatic carbocycles. The first kappa shape index (κ1) is 14.7. The SMILES string of the molecule is CCOc1ccc(C(=O)N2CCOC(C)(C)C2)cc1N. The Labute approximate surface area is 119 Å². The number of nitrogens with zero attached hydrogens (tertiary/aromatic N) is 1. The van der Waals surface area contributed by atoms with E-state index in [2.05, 4.69) is 0 Å². The van der Waals surface area contributed by atoms with Crippen molar-refractivity contribution in [1.29, 1.82) is 0 Å². The van der Waals surface area contributed by atoms with Gasteiger partial charge >= 0.3 is 0 Å². The van der Waals surface area contributed by atoms with Crippen molar-refractivity contribution in [2.45, 2.75) is 26.4 Å². The fraction of sp³-hybridized carbons (Fsp3) is 0.533. The van der Waals surface area contributed by atoms with Gasteiger partial charge in [0.1, 0.15) is 5.75 Å². The molecule has 1 heterocycles. The molecule has 1 aliphatic heterocycles. The molecule has 20 heavy (non-hydrogen) atoms. The Kier molecular flexibility index (Phi) is 4.18. The lowest BCUT2D eigenvalue weighted by Gasteiger charge is -2.38. The van der Waals surface area contributed by atoms with E-state index < -0.39 is 0 Å². The number of amides is 1. The minimum Gasteiger partial charge on any atom is -0.492 e. The van der Waals surface area contributed by atoms with Crippen LogP contribution in [0.25, 0.3) is 0 Å². The van der Waals surface area contributed by atoms with Crippen molar-refractivity contribution in [2.75, 3.05) is 32.0 Å². The van der Waals surface area contributed by atoms with Gasteiger partial charge in [0, 0.05) is 18.7 Å². The Hall–Kier alpha value is -1.75. The van der Waals surface area contributed by atoms with Crippen LogP contribution in [0.3, 0.4) is 0 Å². The second-order valence-electron chi connectivity index (χ2n) is 5.52. The van der Waals surface area contributed by atoms with Crippen molar-refractivity contribution in [1.82, 2.24) is 4.90 Å². The van der Waals surface area contributed by atoms with Gasteiger partial charge in [0.25, 0.3) is 5.91 Å². The van der Waals surface area contributed by atoms with Crippen molar-refractivity contribution in [2.24, 2.45) is 0 Å². The molecule has 0 aromatic heterocycles. The third kappa shape index (κ3) is 3.22. The summed E-state index contributed by atoms with van der Waals surface area (Å²) in [6.07, 6.45) is 0. The number of anilines is 1. The number of ether oxygens (including phenoxy) is 2. The molecule has 5 nitrogen and oxygen atoms in total. The molecular weight excluding hydrogens is 256 g/mol. The Morgan fingerprint density at radius 3 is 2.85 bits per heavy atom. The highest BCUT2D eigenvalue weighted by Gasteiger charge is 2.30. The molecule has 0 atom stereocenters. The number of nitrogens with two attached hydrogens (primary N) is 1. The lowest BCUT2D eigenvalue weighted by molar-refractivity contribution is -0.0764. The summed E-state index contributed by atoms with van der Waals surface area (Å²) in [5, 5.41) is 0. The van der Waals surface area contributed by atoms with Crippen LogP contribution in [0.1, 0.15) is 31.1 Å². The molecule has 0 bridgehead atoms. The third-order valence-corrected chi connectivity index (χ3v) is 3.27. The molecule has 0 unspecified atom stereocenters. The number of carbonyl (C=O) groups excluding carboxylic acids is 1. The van der Waals surface area contributed by atoms with Crippen molar-refractivity contribution in [3.8, 4) is 5.75 Å². The first-order valence-corrected chi connectivity index (χ1v) is 6.88. The highest BCUT2D eigenvalue weighted by molar-refractivity contribution is 5.95. The second-order valence-corrected chi connectivity index (χ2v) is 5.52. The number of hydrogen-bond acceptors (Lipinski definition) is 4. The highest BCUT2D eigenvalue weighted by Crippen LogP contribution is 2.24. The monoisotopic (exact) mass is 278 g/mol. The van der Waals surface area contributed by atoms with Crippen molar-refractivity contribution < 1.29 is 14.3 Å². The summed E-state index contributed by atoms with van der Waals surface area (Å²) in [5.74, 6) is 0.600. The van der Waals surface area contributed by atoms with E-state index in [1.54, 1.807) is 23.1 Å². The molecular formula is C15H22N2O3. The van der Waals surface area contributed by atoms with Gasteiger partial charge < -0.3 is 20.1 Å². The zero-order valence-electron chi connectivity index (χ0n) is 12.3. The number of nitrogen functional groups attached to an aromatic ring is 1. The molecule has 0 radical (unpaired) electrons. The molecule has 1 aromatic carbocycles. The van der Waals surface area contributed by atoms with E-state index in [1.807, 2.05) is 20.8 Å². The van der Waals surface area contributed by atoms with Gasteiger partial charge in [-0.3, -0.25) is 4.79 Å². The third-order valence-electron chi connectivity index (χ3n) is 3.27. The van der Waals surface area contributed by atoms with Crippen molar-refractivity contribution >= 4 is 11.6 Å². The fourth-order valence-corrected chi connectivity index (χ4v) is 2.34. The van der Waals surface area contributed by atoms with Gasteiger partial charge in [-0.2, -0.15) is 0 Å². The standard InChI is InChI=1S/C15H22N2O3/c1-4-19-13-6-5-11(9-12(13)16)14(18)17-7-8-20-15(2,3)10-17/h5-6,9H,4,7-8,10,16H2,1-3H3. The zero-order chi connectivity index (χ0) is 14.8. The average molecular weight is 278 g/mol. The summed E-state index contributed by atoms with van der Waals surface area (Å²) in [7, 11) is 0. The zero-order valence-corrected chi connectivity index (χ0v) is 12.3. The Bertz CT molecular complexity index is 500. The number of benzene rings is 1. The number of rotatable bonds is 3. The van der Waals surface area contributed by atoms with Gasteiger partial charge in [0.05, 0.1) is 24.5 Å². The Balaban J connectivity index is 2.15. The minimum absolute atomic E-state index is 0.0175. The van der Waals surface area contributed by atoms with Crippen LogP contribution in [0, 0.1) is 0 Å². The topological polar surface area (TPSA) is 64.8 Å². The highest BCUT2D eigenvalue weighted by atomic mass is 16.5. The smallest absolute Gasteiger partial charge is 0.254 e. The van der Waals surface area contributed by atoms with Gasteiger partial charge in [0.2, 0.25) is 0 Å². The molecule has 5 heteroatoms. The molecule has 1 amide bonds. The quantitative estimate of drug-likeness (QED) is 0.858. The van der Waals surface area contributed by atoms with E-state index in [0.717, 1.165) is 0 Å². The molecule has 110 valence electrons. The molecule has 2 N–H and O–H groups in total. The number of morpholine rings is 1. The van der Waals surface area contributed by atoms with E-state index in [1.165, 1.54) is 0 Å². The predicted octanol–water partition coefficient (Wildman–Crippen LogP) is 1.92. The van der Waals surface area contributed by atoms with Crippen LogP contribution in [-0.4, -0.2) is 42.7 Å². The Morgan fingerprint density at radius 2 is 2.25 bits per heavy atom. The predicted molar refractivity (Wildman–Crippen MR) is 78.0 cm³/mol. The van der Waals surface area contributed by atoms with E-state index >= 15 is 0 Å². The summed E-state index contributed by atoms with van der Waals surface area (Å²) in [4.78, 5) is 14.3. The average Bonchev–Trinajstić information content (AvgIpc) is 2.39. The number of carbonyl (C=O) groups is 1. The van der Waals surface area contributed by atoms with E-state index in [4.69, 9.17) is 15.2 Å². The van der Waals surface area contributed by atoms with E-state index in [-0.39, 0.29) is 11.5 Å². The van der Waals surface area contributed by atoms with Crippen LogP contribution >= 0.6 is 0 Å². The van der Waals surface area contributed by atoms with Crippen LogP contribution in [0.5, 0.6) is 5.75 Å². The van der Waals surface area contributed by atoms with Crippen LogP contribution in [0.4, 0.5) is 5.69 Å². The summed E-state index contributed by atoms with van der Waals surface area (Å²) in [6, 6.07) is 5.18. The normalized spacial score (nSPS) is 17.9. The summed E-state index contributed by atoms with van der Waals surface area (Å²) >= 11 is 0. The minimum atomic E-state index is -0.301. The molecule has 1 aliphatic rings. The summed E-state index contributed by atoms with van der Waals surface area (Å²) in [6.45, 7) is 8.17. The summed E-state index contributed by atoms with van der Waals surface area (Å²) in [5.41, 5.74) is 6.68. The van der Waals surface area contributed by atoms with Crippen LogP contribution in [0.15, 0.2) is 18.2 Å². The maximum atomic E-state index is 12.5. The van der Waals surface area contributed by atoms with Gasteiger partial charge in [-0.25, -0.2) is 0 Å². The van der Waals surface area contributed by atoms with Gasteiger partial charge in [-0.1, -0.05) is 0 Å². The molecule has 1 saturated heterocycles. The molecule has 0 spiro atoms. The summed E-state index contributed by atoms with van der Waals surface area (Å²) < 4.78 is 11.0. The maximum absolute atomic E-state index is 12.5. The van der Waals surface area contributed by atoms with Crippen LogP contribution < -0.4 is 10.5 Å². The maximum Gasteiger partial charge on any atom is 0.254 e. The molecule has 2 rings (SSSR count). The fourth-order valence-electron chi connectivity index (χ4n) is 2.34. The van der Waals surface area contributed by atoms with Crippen molar-refractivity contribution in [3.05, 3.63) is 23.8 Å². The van der Waals surface area contributed by atoms with Crippen LogP contribution in [-0.2, 0) is 4.74 Å². The van der Waals surface area contributed by atoms with Crippen LogP contribution in [0.2, 0.25) is 0 Å². The largest absolute Gasteiger partial charge is 0.492 e. The number of hydrogen-bond donors (Lipinski definition) is 1. The first-order chi connectivity index (χ1) is 9.43. The van der Waals surface area contributed by atoms with Gasteiger partial charge in [-0.15, -0.1) is 0 Å². The van der Waals surface area contributed by atoms with E-state index in [0.29, 0.717) is 43.3 Å². The van der Waals surface area contributed by atoms with Crippen molar-refractivity contribution in [3.63, 3.8) is 0 Å². The van der Waals surface area contributed by atoms with E-state index in [9.17, 15) is 4.79 Å². The Morgan fingerprint density at radius 1 is 1.50 bits per heavy atom. The van der Waals surface area contributed by atoms with Gasteiger partial charge in [-0.05, 0) is 39.0 Å². The second kappa shape index (κ2) is 5.71. The molecule has 1 aromatic rings.